The highest BCUT2D eigenvalue weighted by atomic mass is 16.5. The Balaban J connectivity index is 1.86. The van der Waals surface area contributed by atoms with E-state index in [0.717, 1.165) is 6.08 Å². The summed E-state index contributed by atoms with van der Waals surface area (Å²) in [5.41, 5.74) is 0.704. The molecule has 6 nitrogen and oxygen atoms in total. The van der Waals surface area contributed by atoms with Crippen LogP contribution in [0.4, 0.5) is 0 Å². The number of rotatable bonds is 5. The van der Waals surface area contributed by atoms with Gasteiger partial charge in [-0.3, -0.25) is 9.59 Å². The Morgan fingerprint density at radius 2 is 1.54 bits per heavy atom. The summed E-state index contributed by atoms with van der Waals surface area (Å²) < 4.78 is 10.1. The minimum absolute atomic E-state index is 0.126. The van der Waals surface area contributed by atoms with Crippen LogP contribution in [0.3, 0.4) is 0 Å². The van der Waals surface area contributed by atoms with E-state index in [0.29, 0.717) is 37.0 Å². The SMILES string of the molecule is COC(=O)C1CCC(C(=O)Oc2ccc(/C=C/C(=O)O)cc2)CC1. The van der Waals surface area contributed by atoms with Gasteiger partial charge in [-0.25, -0.2) is 4.79 Å². The van der Waals surface area contributed by atoms with E-state index in [-0.39, 0.29) is 23.8 Å². The van der Waals surface area contributed by atoms with E-state index in [1.54, 1.807) is 24.3 Å². The van der Waals surface area contributed by atoms with Crippen LogP contribution in [-0.4, -0.2) is 30.1 Å². The van der Waals surface area contributed by atoms with Crippen LogP contribution < -0.4 is 4.74 Å². The Labute approximate surface area is 140 Å². The highest BCUT2D eigenvalue weighted by molar-refractivity contribution is 5.85. The predicted octanol–water partition coefficient (Wildman–Crippen LogP) is 2.67. The lowest BCUT2D eigenvalue weighted by Crippen LogP contribution is -2.29. The van der Waals surface area contributed by atoms with E-state index in [2.05, 4.69) is 0 Å². The number of carboxylic acid groups (broad SMARTS) is 1. The van der Waals surface area contributed by atoms with Gasteiger partial charge in [0.2, 0.25) is 0 Å². The van der Waals surface area contributed by atoms with E-state index in [1.165, 1.54) is 13.2 Å². The monoisotopic (exact) mass is 332 g/mol. The summed E-state index contributed by atoms with van der Waals surface area (Å²) in [6.07, 6.45) is 4.98. The number of benzene rings is 1. The molecule has 0 bridgehead atoms. The standard InChI is InChI=1S/C18H20O6/c1-23-17(21)13-5-7-14(8-6-13)18(22)24-15-9-2-12(3-10-15)4-11-16(19)20/h2-4,9-11,13-14H,5-8H2,1H3,(H,19,20)/b11-4+. The average molecular weight is 332 g/mol. The minimum Gasteiger partial charge on any atom is -0.478 e. The first-order valence-corrected chi connectivity index (χ1v) is 7.80. The van der Waals surface area contributed by atoms with Crippen LogP contribution in [0, 0.1) is 11.8 Å². The zero-order chi connectivity index (χ0) is 17.5. The first-order chi connectivity index (χ1) is 11.5. The van der Waals surface area contributed by atoms with Crippen molar-refractivity contribution in [3.8, 4) is 5.75 Å². The van der Waals surface area contributed by atoms with Crippen LogP contribution in [0.1, 0.15) is 31.2 Å². The number of hydrogen-bond acceptors (Lipinski definition) is 5. The van der Waals surface area contributed by atoms with Crippen LogP contribution in [-0.2, 0) is 19.1 Å². The molecule has 0 heterocycles. The predicted molar refractivity (Wildman–Crippen MR) is 86.2 cm³/mol. The summed E-state index contributed by atoms with van der Waals surface area (Å²) >= 11 is 0. The molecule has 0 aromatic heterocycles. The lowest BCUT2D eigenvalue weighted by molar-refractivity contribution is -0.149. The molecule has 0 amide bonds. The third kappa shape index (κ3) is 4.94. The third-order valence-electron chi connectivity index (χ3n) is 4.11. The van der Waals surface area contributed by atoms with Crippen LogP contribution in [0.2, 0.25) is 0 Å². The molecular weight excluding hydrogens is 312 g/mol. The number of esters is 2. The number of hydrogen-bond donors (Lipinski definition) is 1. The fourth-order valence-corrected chi connectivity index (χ4v) is 2.75. The second-order valence-electron chi connectivity index (χ2n) is 5.73. The highest BCUT2D eigenvalue weighted by Gasteiger charge is 2.31. The first-order valence-electron chi connectivity index (χ1n) is 7.80. The van der Waals surface area contributed by atoms with Crippen molar-refractivity contribution in [2.45, 2.75) is 25.7 Å². The van der Waals surface area contributed by atoms with Crippen LogP contribution in [0.25, 0.3) is 6.08 Å². The van der Waals surface area contributed by atoms with E-state index in [1.807, 2.05) is 0 Å². The molecule has 0 unspecified atom stereocenters. The number of carbonyl (C=O) groups is 3. The molecule has 0 saturated heterocycles. The zero-order valence-electron chi connectivity index (χ0n) is 13.4. The molecule has 0 aliphatic heterocycles. The lowest BCUT2D eigenvalue weighted by Gasteiger charge is -2.25. The molecule has 1 N–H and O–H groups in total. The Hall–Kier alpha value is -2.63. The van der Waals surface area contributed by atoms with Crippen molar-refractivity contribution in [2.75, 3.05) is 7.11 Å². The maximum Gasteiger partial charge on any atom is 0.328 e. The Bertz CT molecular complexity index is 623. The number of carboxylic acids is 1. The molecule has 1 aliphatic rings. The van der Waals surface area contributed by atoms with Crippen LogP contribution in [0.15, 0.2) is 30.3 Å². The molecular formula is C18H20O6. The van der Waals surface area contributed by atoms with Gasteiger partial charge in [0.15, 0.2) is 0 Å². The molecule has 1 aromatic carbocycles. The van der Waals surface area contributed by atoms with Crippen molar-refractivity contribution in [2.24, 2.45) is 11.8 Å². The quantitative estimate of drug-likeness (QED) is 0.506. The van der Waals surface area contributed by atoms with Gasteiger partial charge in [-0.1, -0.05) is 12.1 Å². The molecule has 0 atom stereocenters. The summed E-state index contributed by atoms with van der Waals surface area (Å²) in [4.78, 5) is 34.1. The molecule has 0 spiro atoms. The summed E-state index contributed by atoms with van der Waals surface area (Å²) in [6, 6.07) is 6.60. The molecule has 1 fully saturated rings. The Morgan fingerprint density at radius 3 is 2.04 bits per heavy atom. The van der Waals surface area contributed by atoms with Crippen LogP contribution >= 0.6 is 0 Å². The van der Waals surface area contributed by atoms with Gasteiger partial charge in [0.1, 0.15) is 5.75 Å². The molecule has 1 aromatic rings. The number of methoxy groups -OCH3 is 1. The topological polar surface area (TPSA) is 89.9 Å². The van der Waals surface area contributed by atoms with Gasteiger partial charge in [-0.2, -0.15) is 0 Å². The molecule has 24 heavy (non-hydrogen) atoms. The maximum atomic E-state index is 12.2. The normalized spacial score (nSPS) is 20.5. The number of carbonyl (C=O) groups excluding carboxylic acids is 2. The molecule has 128 valence electrons. The Morgan fingerprint density at radius 1 is 1.00 bits per heavy atom. The van der Waals surface area contributed by atoms with Gasteiger partial charge in [0.05, 0.1) is 18.9 Å². The molecule has 1 aliphatic carbocycles. The van der Waals surface area contributed by atoms with Crippen molar-refractivity contribution < 1.29 is 29.0 Å². The summed E-state index contributed by atoms with van der Waals surface area (Å²) in [6.45, 7) is 0. The van der Waals surface area contributed by atoms with Gasteiger partial charge in [-0.05, 0) is 49.5 Å². The first kappa shape index (κ1) is 17.7. The lowest BCUT2D eigenvalue weighted by atomic mass is 9.82. The molecule has 6 heteroatoms. The summed E-state index contributed by atoms with van der Waals surface area (Å²) in [5, 5.41) is 8.58. The van der Waals surface area contributed by atoms with Gasteiger partial charge < -0.3 is 14.6 Å². The highest BCUT2D eigenvalue weighted by Crippen LogP contribution is 2.30. The third-order valence-corrected chi connectivity index (χ3v) is 4.11. The van der Waals surface area contributed by atoms with Gasteiger partial charge in [0.25, 0.3) is 0 Å². The van der Waals surface area contributed by atoms with Crippen molar-refractivity contribution in [1.29, 1.82) is 0 Å². The summed E-state index contributed by atoms with van der Waals surface area (Å²) in [7, 11) is 1.37. The zero-order valence-corrected chi connectivity index (χ0v) is 13.4. The second-order valence-corrected chi connectivity index (χ2v) is 5.73. The number of aliphatic carboxylic acids is 1. The van der Waals surface area contributed by atoms with Gasteiger partial charge >= 0.3 is 17.9 Å². The van der Waals surface area contributed by atoms with Crippen LogP contribution in [0.5, 0.6) is 5.75 Å². The molecule has 0 radical (unpaired) electrons. The van der Waals surface area contributed by atoms with Crippen molar-refractivity contribution in [3.05, 3.63) is 35.9 Å². The summed E-state index contributed by atoms with van der Waals surface area (Å²) in [5.74, 6) is -1.45. The van der Waals surface area contributed by atoms with Crippen molar-refractivity contribution >= 4 is 24.0 Å². The smallest absolute Gasteiger partial charge is 0.328 e. The van der Waals surface area contributed by atoms with Gasteiger partial charge in [0, 0.05) is 6.08 Å². The Kier molecular flexibility index (Phi) is 6.12. The largest absolute Gasteiger partial charge is 0.478 e. The van der Waals surface area contributed by atoms with E-state index < -0.39 is 5.97 Å². The molecule has 1 saturated carbocycles. The second kappa shape index (κ2) is 8.29. The fourth-order valence-electron chi connectivity index (χ4n) is 2.75. The number of ether oxygens (including phenoxy) is 2. The van der Waals surface area contributed by atoms with Gasteiger partial charge in [-0.15, -0.1) is 0 Å². The molecule has 2 rings (SSSR count). The fraction of sp³-hybridized carbons (Fsp3) is 0.389. The van der Waals surface area contributed by atoms with E-state index >= 15 is 0 Å². The van der Waals surface area contributed by atoms with E-state index in [4.69, 9.17) is 14.6 Å². The minimum atomic E-state index is -1.02. The van der Waals surface area contributed by atoms with E-state index in [9.17, 15) is 14.4 Å². The maximum absolute atomic E-state index is 12.2. The average Bonchev–Trinajstić information content (AvgIpc) is 2.60. The van der Waals surface area contributed by atoms with Crippen molar-refractivity contribution in [3.63, 3.8) is 0 Å². The van der Waals surface area contributed by atoms with Crippen molar-refractivity contribution in [1.82, 2.24) is 0 Å².